The topological polar surface area (TPSA) is 35.2 Å². The molecule has 7 heteroatoms. The first-order chi connectivity index (χ1) is 16.2. The number of amidine groups is 1. The number of rotatable bonds is 3. The fourth-order valence-corrected chi connectivity index (χ4v) is 4.75. The van der Waals surface area contributed by atoms with Gasteiger partial charge in [0.25, 0.3) is 0 Å². The second kappa shape index (κ2) is 9.34. The highest BCUT2D eigenvalue weighted by Gasteiger charge is 2.48. The quantitative estimate of drug-likeness (QED) is 0.319. The van der Waals surface area contributed by atoms with Crippen LogP contribution in [0.3, 0.4) is 0 Å². The first-order valence-corrected chi connectivity index (χ1v) is 11.7. The Bertz CT molecular complexity index is 1320. The number of para-hydroxylation sites is 1. The van der Waals surface area contributed by atoms with Crippen molar-refractivity contribution in [2.24, 2.45) is 4.99 Å². The largest absolute Gasteiger partial charge is 0.331 e. The zero-order valence-corrected chi connectivity index (χ0v) is 21.2. The SMILES string of the molecule is [C-]#[N+]c1ccc(N2C(=S)N(c3ccc(C)cc3)C(C)(C)C2=NC(=S)Nc2ccccc2)cc1C. The van der Waals surface area contributed by atoms with Crippen LogP contribution >= 0.6 is 24.4 Å². The standard InChI is InChI=1S/C27H25N5S2/c1-18-11-13-21(14-12-18)32-26(34)31(22-15-16-23(28-5)19(2)17-22)24(27(32,3)4)30-25(33)29-20-9-7-6-8-10-20/h6-17H,1-4H3,(H,29,33). The molecule has 0 aliphatic carbocycles. The first-order valence-electron chi connectivity index (χ1n) is 10.9. The van der Waals surface area contributed by atoms with Crippen molar-refractivity contribution in [1.82, 2.24) is 0 Å². The first kappa shape index (κ1) is 23.6. The summed E-state index contributed by atoms with van der Waals surface area (Å²) in [5, 5.41) is 4.15. The van der Waals surface area contributed by atoms with Crippen molar-refractivity contribution in [3.63, 3.8) is 0 Å². The van der Waals surface area contributed by atoms with Gasteiger partial charge in [-0.3, -0.25) is 4.90 Å². The van der Waals surface area contributed by atoms with Crippen LogP contribution in [0.5, 0.6) is 0 Å². The average molecular weight is 484 g/mol. The zero-order chi connectivity index (χ0) is 24.5. The van der Waals surface area contributed by atoms with Gasteiger partial charge in [0, 0.05) is 17.1 Å². The normalized spacial score (nSPS) is 16.0. The van der Waals surface area contributed by atoms with Crippen molar-refractivity contribution in [2.75, 3.05) is 15.1 Å². The minimum atomic E-state index is -0.582. The van der Waals surface area contributed by atoms with E-state index in [0.717, 1.165) is 22.6 Å². The highest BCUT2D eigenvalue weighted by Crippen LogP contribution is 2.38. The highest BCUT2D eigenvalue weighted by molar-refractivity contribution is 7.81. The van der Waals surface area contributed by atoms with Crippen LogP contribution < -0.4 is 15.1 Å². The molecule has 1 fully saturated rings. The predicted molar refractivity (Wildman–Crippen MR) is 150 cm³/mol. The van der Waals surface area contributed by atoms with Gasteiger partial charge in [0.05, 0.1) is 6.57 Å². The van der Waals surface area contributed by atoms with Gasteiger partial charge in [-0.25, -0.2) is 9.84 Å². The molecule has 1 N–H and O–H groups in total. The maximum Gasteiger partial charge on any atom is 0.199 e. The molecule has 0 aromatic heterocycles. The van der Waals surface area contributed by atoms with Gasteiger partial charge in [0.2, 0.25) is 0 Å². The lowest BCUT2D eigenvalue weighted by atomic mass is 10.0. The van der Waals surface area contributed by atoms with E-state index in [4.69, 9.17) is 36.0 Å². The van der Waals surface area contributed by atoms with Crippen molar-refractivity contribution in [1.29, 1.82) is 0 Å². The number of aryl methyl sites for hydroxylation is 2. The smallest absolute Gasteiger partial charge is 0.199 e. The molecule has 34 heavy (non-hydrogen) atoms. The molecule has 3 aromatic carbocycles. The van der Waals surface area contributed by atoms with Crippen molar-refractivity contribution >= 4 is 63.2 Å². The molecule has 0 unspecified atom stereocenters. The number of benzene rings is 3. The van der Waals surface area contributed by atoms with Crippen LogP contribution in [0.4, 0.5) is 22.7 Å². The van der Waals surface area contributed by atoms with Gasteiger partial charge in [0.1, 0.15) is 11.4 Å². The van der Waals surface area contributed by atoms with Gasteiger partial charge >= 0.3 is 0 Å². The second-order valence-corrected chi connectivity index (χ2v) is 9.41. The van der Waals surface area contributed by atoms with E-state index in [0.29, 0.717) is 21.7 Å². The number of aliphatic imine (C=N–C) groups is 1. The van der Waals surface area contributed by atoms with E-state index < -0.39 is 5.54 Å². The molecule has 0 saturated carbocycles. The van der Waals surface area contributed by atoms with E-state index in [-0.39, 0.29) is 0 Å². The number of anilines is 3. The molecule has 5 nitrogen and oxygen atoms in total. The van der Waals surface area contributed by atoms with E-state index in [9.17, 15) is 0 Å². The Morgan fingerprint density at radius 2 is 1.62 bits per heavy atom. The molecule has 170 valence electrons. The zero-order valence-electron chi connectivity index (χ0n) is 19.5. The summed E-state index contributed by atoms with van der Waals surface area (Å²) < 4.78 is 0. The summed E-state index contributed by atoms with van der Waals surface area (Å²) in [6, 6.07) is 23.7. The molecule has 0 spiro atoms. The molecular weight excluding hydrogens is 458 g/mol. The van der Waals surface area contributed by atoms with Crippen LogP contribution in [0.2, 0.25) is 0 Å². The van der Waals surface area contributed by atoms with Crippen molar-refractivity contribution < 1.29 is 0 Å². The Kier molecular flexibility index (Phi) is 6.47. The molecule has 4 rings (SSSR count). The van der Waals surface area contributed by atoms with Crippen LogP contribution in [-0.2, 0) is 0 Å². The van der Waals surface area contributed by atoms with Crippen LogP contribution in [-0.4, -0.2) is 21.6 Å². The second-order valence-electron chi connectivity index (χ2n) is 8.66. The number of hydrogen-bond donors (Lipinski definition) is 1. The number of nitrogens with zero attached hydrogens (tertiary/aromatic N) is 4. The molecule has 1 saturated heterocycles. The average Bonchev–Trinajstić information content (AvgIpc) is 2.99. The van der Waals surface area contributed by atoms with Crippen LogP contribution in [0, 0.1) is 20.4 Å². The molecule has 0 amide bonds. The number of nitrogens with one attached hydrogen (secondary N) is 1. The summed E-state index contributed by atoms with van der Waals surface area (Å²) >= 11 is 11.6. The van der Waals surface area contributed by atoms with Gasteiger partial charge in [-0.1, -0.05) is 42.0 Å². The summed E-state index contributed by atoms with van der Waals surface area (Å²) in [6.45, 7) is 15.6. The molecular formula is C27H25N5S2. The predicted octanol–water partition coefficient (Wildman–Crippen LogP) is 7.04. The van der Waals surface area contributed by atoms with Crippen LogP contribution in [0.25, 0.3) is 4.85 Å². The summed E-state index contributed by atoms with van der Waals surface area (Å²) in [5.41, 5.74) is 4.78. The lowest BCUT2D eigenvalue weighted by molar-refractivity contribution is 0.704. The lowest BCUT2D eigenvalue weighted by Gasteiger charge is -2.31. The fourth-order valence-electron chi connectivity index (χ4n) is 4.02. The molecule has 0 bridgehead atoms. The Labute approximate surface area is 211 Å². The monoisotopic (exact) mass is 483 g/mol. The molecule has 0 radical (unpaired) electrons. The Morgan fingerprint density at radius 1 is 0.971 bits per heavy atom. The maximum atomic E-state index is 7.40. The molecule has 1 heterocycles. The van der Waals surface area contributed by atoms with Crippen molar-refractivity contribution in [2.45, 2.75) is 33.2 Å². The Morgan fingerprint density at radius 3 is 2.24 bits per heavy atom. The number of hydrogen-bond acceptors (Lipinski definition) is 2. The van der Waals surface area contributed by atoms with Gasteiger partial charge in [0.15, 0.2) is 15.9 Å². The third-order valence-electron chi connectivity index (χ3n) is 5.78. The molecule has 1 aliphatic rings. The van der Waals surface area contributed by atoms with Crippen molar-refractivity contribution in [3.05, 3.63) is 95.3 Å². The van der Waals surface area contributed by atoms with Crippen LogP contribution in [0.1, 0.15) is 25.0 Å². The molecule has 1 aliphatic heterocycles. The summed E-state index contributed by atoms with van der Waals surface area (Å²) in [5.74, 6) is 0.710. The van der Waals surface area contributed by atoms with E-state index in [1.54, 1.807) is 0 Å². The van der Waals surface area contributed by atoms with E-state index in [1.165, 1.54) is 5.56 Å². The van der Waals surface area contributed by atoms with Gasteiger partial charge < -0.3 is 10.2 Å². The Hall–Kier alpha value is -3.60. The maximum absolute atomic E-state index is 7.40. The fraction of sp³-hybridized carbons (Fsp3) is 0.185. The van der Waals surface area contributed by atoms with Crippen molar-refractivity contribution in [3.8, 4) is 0 Å². The highest BCUT2D eigenvalue weighted by atomic mass is 32.1. The summed E-state index contributed by atoms with van der Waals surface area (Å²) in [7, 11) is 0. The van der Waals surface area contributed by atoms with E-state index in [1.807, 2.05) is 60.4 Å². The third kappa shape index (κ3) is 4.43. The van der Waals surface area contributed by atoms with Gasteiger partial charge in [-0.05, 0) is 94.1 Å². The molecule has 3 aromatic rings. The van der Waals surface area contributed by atoms with E-state index in [2.05, 4.69) is 60.1 Å². The van der Waals surface area contributed by atoms with Gasteiger partial charge in [-0.2, -0.15) is 0 Å². The van der Waals surface area contributed by atoms with Gasteiger partial charge in [-0.15, -0.1) is 0 Å². The third-order valence-corrected chi connectivity index (χ3v) is 6.34. The Balaban J connectivity index is 1.82. The minimum Gasteiger partial charge on any atom is -0.331 e. The lowest BCUT2D eigenvalue weighted by Crippen LogP contribution is -2.45. The number of thiocarbonyl (C=S) groups is 2. The minimum absolute atomic E-state index is 0.349. The van der Waals surface area contributed by atoms with Crippen LogP contribution in [0.15, 0.2) is 77.8 Å². The van der Waals surface area contributed by atoms with E-state index >= 15 is 0 Å². The summed E-state index contributed by atoms with van der Waals surface area (Å²) in [4.78, 5) is 12.5. The molecule has 0 atom stereocenters. The summed E-state index contributed by atoms with van der Waals surface area (Å²) in [6.07, 6.45) is 0.